The molecule has 0 radical (unpaired) electrons. The molecule has 1 fully saturated rings. The lowest BCUT2D eigenvalue weighted by Crippen LogP contribution is -2.45. The number of ether oxygens (including phenoxy) is 1. The number of hydrogen-bond donors (Lipinski definition) is 1. The van der Waals surface area contributed by atoms with Crippen molar-refractivity contribution in [2.24, 2.45) is 5.41 Å². The van der Waals surface area contributed by atoms with E-state index in [0.717, 1.165) is 25.7 Å². The van der Waals surface area contributed by atoms with E-state index in [1.807, 2.05) is 0 Å². The van der Waals surface area contributed by atoms with Crippen molar-refractivity contribution in [3.05, 3.63) is 0 Å². The van der Waals surface area contributed by atoms with Crippen LogP contribution >= 0.6 is 0 Å². The van der Waals surface area contributed by atoms with Crippen LogP contribution in [0.5, 0.6) is 0 Å². The number of aliphatic hydroxyl groups is 1. The third kappa shape index (κ3) is 1.64. The lowest BCUT2D eigenvalue weighted by Gasteiger charge is -2.39. The maximum atomic E-state index is 10.3. The molecule has 0 heterocycles. The predicted octanol–water partition coefficient (Wildman–Crippen LogP) is 1.96. The highest BCUT2D eigenvalue weighted by Crippen LogP contribution is 2.43. The molecule has 1 aliphatic carbocycles. The Morgan fingerprint density at radius 3 is 2.25 bits per heavy atom. The van der Waals surface area contributed by atoms with Gasteiger partial charge in [-0.05, 0) is 12.8 Å². The van der Waals surface area contributed by atoms with Gasteiger partial charge in [-0.2, -0.15) is 0 Å². The highest BCUT2D eigenvalue weighted by Gasteiger charge is 2.45. The minimum atomic E-state index is -0.483. The van der Waals surface area contributed by atoms with E-state index in [4.69, 9.17) is 4.74 Å². The van der Waals surface area contributed by atoms with Gasteiger partial charge in [0.05, 0.1) is 12.2 Å². The molecular weight excluding hydrogens is 152 g/mol. The molecule has 0 amide bonds. The number of rotatable bonds is 3. The van der Waals surface area contributed by atoms with Crippen LogP contribution < -0.4 is 0 Å². The van der Waals surface area contributed by atoms with Crippen LogP contribution in [-0.4, -0.2) is 24.4 Å². The molecule has 0 unspecified atom stereocenters. The summed E-state index contributed by atoms with van der Waals surface area (Å²) in [7, 11) is 1.69. The quantitative estimate of drug-likeness (QED) is 0.705. The summed E-state index contributed by atoms with van der Waals surface area (Å²) in [5.41, 5.74) is -0.582. The lowest BCUT2D eigenvalue weighted by atomic mass is 9.74. The van der Waals surface area contributed by atoms with Gasteiger partial charge in [0.2, 0.25) is 0 Å². The van der Waals surface area contributed by atoms with Crippen molar-refractivity contribution >= 4 is 0 Å². The molecule has 2 nitrogen and oxygen atoms in total. The van der Waals surface area contributed by atoms with Crippen LogP contribution in [0.15, 0.2) is 0 Å². The molecule has 1 rings (SSSR count). The summed E-state index contributed by atoms with van der Waals surface area (Å²) in [5.74, 6) is 0. The van der Waals surface area contributed by atoms with Crippen molar-refractivity contribution in [2.75, 3.05) is 13.7 Å². The summed E-state index contributed by atoms with van der Waals surface area (Å²) < 4.78 is 5.12. The Labute approximate surface area is 74.9 Å². The van der Waals surface area contributed by atoms with Gasteiger partial charge >= 0.3 is 0 Å². The van der Waals surface area contributed by atoms with Crippen LogP contribution in [0.2, 0.25) is 0 Å². The first-order valence-electron chi connectivity index (χ1n) is 4.73. The molecule has 0 spiro atoms. The summed E-state index contributed by atoms with van der Waals surface area (Å²) >= 11 is 0. The molecule has 1 N–H and O–H groups in total. The minimum absolute atomic E-state index is 0.0990. The Balaban J connectivity index is 2.64. The Kier molecular flexibility index (Phi) is 2.79. The van der Waals surface area contributed by atoms with E-state index in [-0.39, 0.29) is 5.41 Å². The van der Waals surface area contributed by atoms with Crippen LogP contribution in [0.25, 0.3) is 0 Å². The predicted molar refractivity (Wildman–Crippen MR) is 49.1 cm³/mol. The molecule has 12 heavy (non-hydrogen) atoms. The summed E-state index contributed by atoms with van der Waals surface area (Å²) in [6.07, 6.45) is 4.18. The largest absolute Gasteiger partial charge is 0.389 e. The summed E-state index contributed by atoms with van der Waals surface area (Å²) in [5, 5.41) is 10.3. The fraction of sp³-hybridized carbons (Fsp3) is 1.00. The van der Waals surface area contributed by atoms with Crippen LogP contribution in [0.3, 0.4) is 0 Å². The van der Waals surface area contributed by atoms with Gasteiger partial charge in [-0.3, -0.25) is 0 Å². The van der Waals surface area contributed by atoms with Crippen molar-refractivity contribution in [3.8, 4) is 0 Å². The Bertz CT molecular complexity index is 146. The summed E-state index contributed by atoms with van der Waals surface area (Å²) in [4.78, 5) is 0. The first kappa shape index (κ1) is 10.0. The molecule has 0 aromatic heterocycles. The molecule has 2 heteroatoms. The highest BCUT2D eigenvalue weighted by atomic mass is 16.5. The monoisotopic (exact) mass is 172 g/mol. The second-order valence-electron chi connectivity index (χ2n) is 4.56. The van der Waals surface area contributed by atoms with E-state index in [9.17, 15) is 5.11 Å². The third-order valence-electron chi connectivity index (χ3n) is 3.20. The lowest BCUT2D eigenvalue weighted by molar-refractivity contribution is -0.0926. The smallest absolute Gasteiger partial charge is 0.0720 e. The second kappa shape index (κ2) is 3.35. The van der Waals surface area contributed by atoms with Crippen molar-refractivity contribution in [2.45, 2.75) is 45.1 Å². The van der Waals surface area contributed by atoms with E-state index < -0.39 is 5.60 Å². The van der Waals surface area contributed by atoms with Gasteiger partial charge in [-0.15, -0.1) is 0 Å². The fourth-order valence-electron chi connectivity index (χ4n) is 2.13. The topological polar surface area (TPSA) is 29.5 Å². The summed E-state index contributed by atoms with van der Waals surface area (Å²) in [6, 6.07) is 0. The van der Waals surface area contributed by atoms with Gasteiger partial charge in [-0.25, -0.2) is 0 Å². The molecule has 0 bridgehead atoms. The first-order chi connectivity index (χ1) is 5.52. The van der Waals surface area contributed by atoms with E-state index >= 15 is 0 Å². The zero-order valence-electron chi connectivity index (χ0n) is 8.39. The first-order valence-corrected chi connectivity index (χ1v) is 4.73. The van der Waals surface area contributed by atoms with E-state index in [2.05, 4.69) is 13.8 Å². The third-order valence-corrected chi connectivity index (χ3v) is 3.20. The molecule has 72 valence electrons. The van der Waals surface area contributed by atoms with Crippen LogP contribution in [0, 0.1) is 5.41 Å². The van der Waals surface area contributed by atoms with E-state index in [1.54, 1.807) is 7.11 Å². The van der Waals surface area contributed by atoms with Gasteiger partial charge < -0.3 is 9.84 Å². The molecule has 0 aromatic carbocycles. The second-order valence-corrected chi connectivity index (χ2v) is 4.56. The van der Waals surface area contributed by atoms with Crippen molar-refractivity contribution in [3.63, 3.8) is 0 Å². The molecule has 0 saturated heterocycles. The normalized spacial score (nSPS) is 23.0. The van der Waals surface area contributed by atoms with E-state index in [0.29, 0.717) is 6.61 Å². The Morgan fingerprint density at radius 2 is 1.83 bits per heavy atom. The molecule has 1 saturated carbocycles. The van der Waals surface area contributed by atoms with E-state index in [1.165, 1.54) is 0 Å². The molecular formula is C10H20O2. The average molecular weight is 172 g/mol. The summed E-state index contributed by atoms with van der Waals surface area (Å²) in [6.45, 7) is 4.81. The number of hydrogen-bond acceptors (Lipinski definition) is 2. The number of methoxy groups -OCH3 is 1. The van der Waals surface area contributed by atoms with Crippen molar-refractivity contribution in [1.82, 2.24) is 0 Å². The van der Waals surface area contributed by atoms with Gasteiger partial charge in [0.1, 0.15) is 0 Å². The van der Waals surface area contributed by atoms with Crippen LogP contribution in [0.1, 0.15) is 39.5 Å². The van der Waals surface area contributed by atoms with Gasteiger partial charge in [-0.1, -0.05) is 26.7 Å². The van der Waals surface area contributed by atoms with Gasteiger partial charge in [0, 0.05) is 12.5 Å². The zero-order chi connectivity index (χ0) is 9.24. The molecule has 0 aliphatic heterocycles. The van der Waals surface area contributed by atoms with Gasteiger partial charge in [0.15, 0.2) is 0 Å². The minimum Gasteiger partial charge on any atom is -0.389 e. The Morgan fingerprint density at radius 1 is 1.33 bits per heavy atom. The van der Waals surface area contributed by atoms with Crippen molar-refractivity contribution in [1.29, 1.82) is 0 Å². The standard InChI is InChI=1S/C10H20O2/c1-9(2,8-12-3)10(11)6-4-5-7-10/h11H,4-8H2,1-3H3. The van der Waals surface area contributed by atoms with Gasteiger partial charge in [0.25, 0.3) is 0 Å². The maximum Gasteiger partial charge on any atom is 0.0720 e. The average Bonchev–Trinajstić information content (AvgIpc) is 2.37. The van der Waals surface area contributed by atoms with Crippen LogP contribution in [0.4, 0.5) is 0 Å². The van der Waals surface area contributed by atoms with Crippen molar-refractivity contribution < 1.29 is 9.84 Å². The SMILES string of the molecule is COCC(C)(C)C1(O)CCCC1. The fourth-order valence-corrected chi connectivity index (χ4v) is 2.13. The molecule has 0 aromatic rings. The Hall–Kier alpha value is -0.0800. The maximum absolute atomic E-state index is 10.3. The molecule has 0 atom stereocenters. The zero-order valence-corrected chi connectivity index (χ0v) is 8.39. The molecule has 1 aliphatic rings. The van der Waals surface area contributed by atoms with Crippen LogP contribution in [-0.2, 0) is 4.74 Å². The highest BCUT2D eigenvalue weighted by molar-refractivity contribution is 4.96.